The largest absolute Gasteiger partial charge is 0.324 e. The maximum absolute atomic E-state index is 10.9. The van der Waals surface area contributed by atoms with E-state index in [1.165, 1.54) is 11.3 Å². The van der Waals surface area contributed by atoms with Gasteiger partial charge < -0.3 is 5.73 Å². The molecule has 0 unspecified atom stereocenters. The van der Waals surface area contributed by atoms with Gasteiger partial charge in [-0.05, 0) is 12.1 Å². The molecule has 0 spiro atoms. The molecular formula is C7H7NO2S. The summed E-state index contributed by atoms with van der Waals surface area (Å²) in [4.78, 5) is 22.2. The van der Waals surface area contributed by atoms with Crippen LogP contribution in [-0.2, 0) is 0 Å². The lowest BCUT2D eigenvalue weighted by Crippen LogP contribution is -2.11. The number of Topliss-reactive ketones (excluding diaryl/α,β-unsaturated/α-hetero) is 1. The third kappa shape index (κ3) is 1.72. The lowest BCUT2D eigenvalue weighted by molar-refractivity contribution is 0.100. The summed E-state index contributed by atoms with van der Waals surface area (Å²) >= 11 is 1.17. The van der Waals surface area contributed by atoms with Crippen LogP contribution in [0.3, 0.4) is 0 Å². The van der Waals surface area contributed by atoms with Gasteiger partial charge in [0.05, 0.1) is 16.3 Å². The second-order valence-electron chi connectivity index (χ2n) is 1.95. The zero-order valence-electron chi connectivity index (χ0n) is 5.74. The summed E-state index contributed by atoms with van der Waals surface area (Å²) in [5, 5.41) is 0. The van der Waals surface area contributed by atoms with E-state index in [1.807, 2.05) is 0 Å². The van der Waals surface area contributed by atoms with Crippen molar-refractivity contribution in [2.75, 3.05) is 6.54 Å². The van der Waals surface area contributed by atoms with Gasteiger partial charge in [0.25, 0.3) is 0 Å². The SMILES string of the molecule is NCC(=O)c1ccc(C=O)s1. The highest BCUT2D eigenvalue weighted by Crippen LogP contribution is 2.14. The maximum Gasteiger partial charge on any atom is 0.186 e. The van der Waals surface area contributed by atoms with Gasteiger partial charge in [0.1, 0.15) is 0 Å². The number of hydrogen-bond acceptors (Lipinski definition) is 4. The van der Waals surface area contributed by atoms with E-state index in [4.69, 9.17) is 5.73 Å². The van der Waals surface area contributed by atoms with E-state index in [9.17, 15) is 9.59 Å². The van der Waals surface area contributed by atoms with Gasteiger partial charge in [0, 0.05) is 0 Å². The summed E-state index contributed by atoms with van der Waals surface area (Å²) in [6.07, 6.45) is 0.720. The Bertz CT molecular complexity index is 280. The number of nitrogens with two attached hydrogens (primary N) is 1. The monoisotopic (exact) mass is 169 g/mol. The van der Waals surface area contributed by atoms with Gasteiger partial charge in [-0.1, -0.05) is 0 Å². The molecule has 0 atom stereocenters. The van der Waals surface area contributed by atoms with Gasteiger partial charge in [-0.2, -0.15) is 0 Å². The van der Waals surface area contributed by atoms with E-state index in [0.717, 1.165) is 6.29 Å². The maximum atomic E-state index is 10.9. The smallest absolute Gasteiger partial charge is 0.186 e. The zero-order chi connectivity index (χ0) is 8.27. The molecular weight excluding hydrogens is 162 g/mol. The molecule has 1 heterocycles. The molecule has 0 radical (unpaired) electrons. The average Bonchev–Trinajstić information content (AvgIpc) is 2.50. The summed E-state index contributed by atoms with van der Waals surface area (Å²) in [7, 11) is 0. The number of aldehydes is 1. The third-order valence-electron chi connectivity index (χ3n) is 1.20. The number of rotatable bonds is 3. The second kappa shape index (κ2) is 3.41. The van der Waals surface area contributed by atoms with Crippen LogP contribution in [0, 0.1) is 0 Å². The Labute approximate surface area is 67.8 Å². The minimum atomic E-state index is -0.122. The van der Waals surface area contributed by atoms with Crippen molar-refractivity contribution < 1.29 is 9.59 Å². The van der Waals surface area contributed by atoms with Gasteiger partial charge >= 0.3 is 0 Å². The van der Waals surface area contributed by atoms with Crippen LogP contribution >= 0.6 is 11.3 Å². The van der Waals surface area contributed by atoms with Crippen molar-refractivity contribution in [3.8, 4) is 0 Å². The number of hydrogen-bond donors (Lipinski definition) is 1. The Morgan fingerprint density at radius 1 is 1.64 bits per heavy atom. The first-order chi connectivity index (χ1) is 5.27. The number of ketones is 1. The quantitative estimate of drug-likeness (QED) is 0.535. The van der Waals surface area contributed by atoms with Crippen LogP contribution in [0.25, 0.3) is 0 Å². The van der Waals surface area contributed by atoms with Crippen molar-refractivity contribution >= 4 is 23.4 Å². The van der Waals surface area contributed by atoms with Crippen LogP contribution in [0.15, 0.2) is 12.1 Å². The highest BCUT2D eigenvalue weighted by molar-refractivity contribution is 7.15. The Morgan fingerprint density at radius 2 is 2.36 bits per heavy atom. The molecule has 2 N–H and O–H groups in total. The van der Waals surface area contributed by atoms with Crippen LogP contribution in [0.5, 0.6) is 0 Å². The van der Waals surface area contributed by atoms with Crippen LogP contribution in [0.4, 0.5) is 0 Å². The summed E-state index contributed by atoms with van der Waals surface area (Å²) < 4.78 is 0. The summed E-state index contributed by atoms with van der Waals surface area (Å²) in [5.41, 5.74) is 5.12. The molecule has 11 heavy (non-hydrogen) atoms. The highest BCUT2D eigenvalue weighted by Gasteiger charge is 2.05. The first-order valence-corrected chi connectivity index (χ1v) is 3.88. The van der Waals surface area contributed by atoms with E-state index in [0.29, 0.717) is 9.75 Å². The van der Waals surface area contributed by atoms with E-state index in [1.54, 1.807) is 12.1 Å². The molecule has 0 aromatic carbocycles. The second-order valence-corrected chi connectivity index (χ2v) is 3.06. The van der Waals surface area contributed by atoms with Gasteiger partial charge in [-0.15, -0.1) is 11.3 Å². The molecule has 1 rings (SSSR count). The highest BCUT2D eigenvalue weighted by atomic mass is 32.1. The fourth-order valence-electron chi connectivity index (χ4n) is 0.667. The molecule has 0 amide bonds. The molecule has 0 saturated heterocycles. The molecule has 1 aromatic rings. The van der Waals surface area contributed by atoms with E-state index >= 15 is 0 Å². The summed E-state index contributed by atoms with van der Waals surface area (Å²) in [5.74, 6) is -0.122. The first-order valence-electron chi connectivity index (χ1n) is 3.06. The number of carbonyl (C=O) groups excluding carboxylic acids is 2. The Balaban J connectivity index is 2.88. The lowest BCUT2D eigenvalue weighted by Gasteiger charge is -1.87. The standard InChI is InChI=1S/C7H7NO2S/c8-3-6(10)7-2-1-5(4-9)11-7/h1-2,4H,3,8H2. The molecule has 0 fully saturated rings. The Kier molecular flexibility index (Phi) is 2.51. The molecule has 0 bridgehead atoms. The minimum absolute atomic E-state index is 0.00118. The predicted octanol–water partition coefficient (Wildman–Crippen LogP) is 0.702. The molecule has 0 aliphatic carbocycles. The van der Waals surface area contributed by atoms with Crippen molar-refractivity contribution in [2.24, 2.45) is 5.73 Å². The van der Waals surface area contributed by atoms with E-state index in [2.05, 4.69) is 0 Å². The van der Waals surface area contributed by atoms with Gasteiger partial charge in [-0.3, -0.25) is 9.59 Å². The summed E-state index contributed by atoms with van der Waals surface area (Å²) in [6, 6.07) is 3.23. The Morgan fingerprint density at radius 3 is 2.82 bits per heavy atom. The molecule has 1 aromatic heterocycles. The molecule has 3 nitrogen and oxygen atoms in total. The number of thiophene rings is 1. The fourth-order valence-corrected chi connectivity index (χ4v) is 1.44. The summed E-state index contributed by atoms with van der Waals surface area (Å²) in [6.45, 7) is -0.00118. The van der Waals surface area contributed by atoms with Gasteiger partial charge in [0.15, 0.2) is 12.1 Å². The number of carbonyl (C=O) groups is 2. The van der Waals surface area contributed by atoms with Crippen LogP contribution < -0.4 is 5.73 Å². The van der Waals surface area contributed by atoms with Crippen molar-refractivity contribution in [1.29, 1.82) is 0 Å². The topological polar surface area (TPSA) is 60.2 Å². The molecule has 0 aliphatic rings. The molecule has 0 saturated carbocycles. The third-order valence-corrected chi connectivity index (χ3v) is 2.25. The van der Waals surface area contributed by atoms with Gasteiger partial charge in [0.2, 0.25) is 0 Å². The molecule has 4 heteroatoms. The van der Waals surface area contributed by atoms with Crippen molar-refractivity contribution in [2.45, 2.75) is 0 Å². The van der Waals surface area contributed by atoms with Gasteiger partial charge in [-0.25, -0.2) is 0 Å². The first kappa shape index (κ1) is 8.10. The van der Waals surface area contributed by atoms with Crippen molar-refractivity contribution in [3.63, 3.8) is 0 Å². The van der Waals surface area contributed by atoms with E-state index < -0.39 is 0 Å². The average molecular weight is 169 g/mol. The fraction of sp³-hybridized carbons (Fsp3) is 0.143. The zero-order valence-corrected chi connectivity index (χ0v) is 6.56. The van der Waals surface area contributed by atoms with Crippen LogP contribution in [0.2, 0.25) is 0 Å². The molecule has 0 aliphatic heterocycles. The lowest BCUT2D eigenvalue weighted by atomic mass is 10.3. The Hall–Kier alpha value is -1.00. The minimum Gasteiger partial charge on any atom is -0.324 e. The normalized spacial score (nSPS) is 9.55. The molecule has 58 valence electrons. The van der Waals surface area contributed by atoms with Crippen LogP contribution in [0.1, 0.15) is 19.3 Å². The van der Waals surface area contributed by atoms with Crippen molar-refractivity contribution in [3.05, 3.63) is 21.9 Å². The van der Waals surface area contributed by atoms with E-state index in [-0.39, 0.29) is 12.3 Å². The van der Waals surface area contributed by atoms with Crippen molar-refractivity contribution in [1.82, 2.24) is 0 Å². The van der Waals surface area contributed by atoms with Crippen LogP contribution in [-0.4, -0.2) is 18.6 Å². The predicted molar refractivity (Wildman–Crippen MR) is 43.1 cm³/mol.